The average Bonchev–Trinajstić information content (AvgIpc) is 1.58. The van der Waals surface area contributed by atoms with Gasteiger partial charge in [0.15, 0.2) is 0 Å². The maximum absolute atomic E-state index is 2.54. The predicted molar refractivity (Wildman–Crippen MR) is 446 cm³/mol. The van der Waals surface area contributed by atoms with Crippen molar-refractivity contribution in [3.63, 3.8) is 0 Å². The largest absolute Gasteiger partial charge is 0.309 e. The smallest absolute Gasteiger partial charge is 0.0548 e. The molecular formula is C100H88N4. The molecule has 0 unspecified atom stereocenters. The van der Waals surface area contributed by atoms with E-state index in [1.165, 1.54) is 246 Å². The first-order valence-electron chi connectivity index (χ1n) is 38.0. The normalized spacial score (nSPS) is 13.6. The molecule has 0 atom stereocenters. The van der Waals surface area contributed by atoms with Crippen molar-refractivity contribution >= 4 is 109 Å². The molecule has 4 aromatic heterocycles. The fourth-order valence-electron chi connectivity index (χ4n) is 18.5. The summed E-state index contributed by atoms with van der Waals surface area (Å²) in [6, 6.07) is 93.8. The number of nitrogens with zero attached hydrogens (tertiary/aromatic N) is 4. The topological polar surface area (TPSA) is 19.7 Å². The van der Waals surface area contributed by atoms with Crippen LogP contribution in [-0.4, -0.2) is 18.3 Å². The van der Waals surface area contributed by atoms with Gasteiger partial charge in [-0.25, -0.2) is 0 Å². The molecule has 0 saturated heterocycles. The third-order valence-corrected chi connectivity index (χ3v) is 24.0. The molecule has 0 spiro atoms. The minimum absolute atomic E-state index is 0.0837. The summed E-state index contributed by atoms with van der Waals surface area (Å²) in [6.07, 6.45) is 7.19. The fourth-order valence-corrected chi connectivity index (χ4v) is 18.5. The third-order valence-electron chi connectivity index (χ3n) is 24.0. The lowest BCUT2D eigenvalue weighted by atomic mass is 9.81. The van der Waals surface area contributed by atoms with E-state index in [1.54, 1.807) is 0 Å². The van der Waals surface area contributed by atoms with Crippen molar-refractivity contribution in [3.05, 3.63) is 309 Å². The zero-order valence-corrected chi connectivity index (χ0v) is 62.1. The molecule has 4 nitrogen and oxygen atoms in total. The molecule has 2 aliphatic carbocycles. The number of rotatable bonds is 10. The van der Waals surface area contributed by atoms with Crippen LogP contribution in [-0.2, 0) is 23.7 Å². The quantitative estimate of drug-likeness (QED) is 0.130. The Balaban J connectivity index is 0.000000150. The first-order valence-corrected chi connectivity index (χ1v) is 38.0. The van der Waals surface area contributed by atoms with Gasteiger partial charge in [-0.2, -0.15) is 0 Å². The van der Waals surface area contributed by atoms with Gasteiger partial charge in [0, 0.05) is 76.7 Å². The Bertz CT molecular complexity index is 6290. The van der Waals surface area contributed by atoms with Crippen molar-refractivity contribution in [1.29, 1.82) is 0 Å². The Morgan fingerprint density at radius 2 is 0.481 bits per heavy atom. The van der Waals surface area contributed by atoms with Crippen LogP contribution in [0.4, 0.5) is 0 Å². The molecule has 0 saturated carbocycles. The van der Waals surface area contributed by atoms with E-state index < -0.39 is 0 Å². The molecule has 20 rings (SSSR count). The van der Waals surface area contributed by atoms with Crippen molar-refractivity contribution in [2.24, 2.45) is 0 Å². The second-order valence-electron chi connectivity index (χ2n) is 31.9. The highest BCUT2D eigenvalue weighted by Gasteiger charge is 2.38. The van der Waals surface area contributed by atoms with E-state index in [2.05, 4.69) is 344 Å². The summed E-state index contributed by atoms with van der Waals surface area (Å²) in [4.78, 5) is 0. The Morgan fingerprint density at radius 1 is 0.231 bits per heavy atom. The zero-order chi connectivity index (χ0) is 70.9. The van der Waals surface area contributed by atoms with Crippen LogP contribution in [0.2, 0.25) is 0 Å². The van der Waals surface area contributed by atoms with Crippen LogP contribution in [0.25, 0.3) is 154 Å². The highest BCUT2D eigenvalue weighted by molar-refractivity contribution is 6.21. The van der Waals surface area contributed by atoms with Crippen LogP contribution < -0.4 is 0 Å². The highest BCUT2D eigenvalue weighted by Crippen LogP contribution is 2.53. The summed E-state index contributed by atoms with van der Waals surface area (Å²) >= 11 is 0. The Hall–Kier alpha value is -11.2. The van der Waals surface area contributed by atoms with Crippen LogP contribution >= 0.6 is 0 Å². The summed E-state index contributed by atoms with van der Waals surface area (Å²) in [5.74, 6) is 0. The lowest BCUT2D eigenvalue weighted by Gasteiger charge is -2.23. The van der Waals surface area contributed by atoms with E-state index in [0.717, 1.165) is 12.8 Å². The number of hydrogen-bond acceptors (Lipinski definition) is 0. The molecule has 14 aromatic carbocycles. The number of aromatic nitrogens is 4. The number of benzene rings is 14. The van der Waals surface area contributed by atoms with Gasteiger partial charge in [0.25, 0.3) is 0 Å². The van der Waals surface area contributed by atoms with E-state index in [-0.39, 0.29) is 10.8 Å². The molecule has 4 heteroatoms. The van der Waals surface area contributed by atoms with E-state index in [0.29, 0.717) is 0 Å². The standard InChI is InChI=1S/C58H56N2.C42H32N2/c1-9-11-13-37-17-21-41-43-23-19-39(31-51(43)57(5,6)49(41)29-37)59-53-25-15-35(3)27-45(53)47-34-56-48(33-55(47)59)46-28-36(4)16-26-54(46)60(56)40-20-24-44-42-22-18-38(14-12-10-2)30-50(42)58(7,8)52(44)32-40;1-25-5-9-31-21-33(13-11-29(31)17-25)43-39-15-7-27(3)19-35(39)37-24-42-38(23-41(37)43)36-20-28(4)8-16-40(36)44(42)34-14-12-30-18-26(2)6-10-32(30)22-34/h15-34H,9-14H2,1-8H3;5-24H,1-4H3. The second kappa shape index (κ2) is 23.7. The lowest BCUT2D eigenvalue weighted by Crippen LogP contribution is -2.15. The van der Waals surface area contributed by atoms with Crippen molar-refractivity contribution in [2.45, 2.75) is 132 Å². The number of aryl methyl sites for hydroxylation is 8. The molecule has 2 aliphatic rings. The summed E-state index contributed by atoms with van der Waals surface area (Å²) in [6.45, 7) is 27.4. The van der Waals surface area contributed by atoms with E-state index in [1.807, 2.05) is 0 Å². The number of hydrogen-bond donors (Lipinski definition) is 0. The van der Waals surface area contributed by atoms with Crippen LogP contribution in [0.1, 0.15) is 134 Å². The Labute approximate surface area is 610 Å². The van der Waals surface area contributed by atoms with Gasteiger partial charge in [-0.3, -0.25) is 0 Å². The zero-order valence-electron chi connectivity index (χ0n) is 62.1. The summed E-state index contributed by atoms with van der Waals surface area (Å²) < 4.78 is 10.00. The minimum atomic E-state index is -0.0837. The van der Waals surface area contributed by atoms with Gasteiger partial charge in [-0.1, -0.05) is 209 Å². The van der Waals surface area contributed by atoms with Crippen molar-refractivity contribution in [3.8, 4) is 45.0 Å². The maximum atomic E-state index is 2.54. The van der Waals surface area contributed by atoms with E-state index in [4.69, 9.17) is 0 Å². The molecule has 104 heavy (non-hydrogen) atoms. The molecule has 508 valence electrons. The summed E-state index contributed by atoms with van der Waals surface area (Å²) in [5, 5.41) is 15.4. The molecule has 0 N–H and O–H groups in total. The second-order valence-corrected chi connectivity index (χ2v) is 31.9. The fraction of sp³-hybridized carbons (Fsp3) is 0.200. The van der Waals surface area contributed by atoms with Crippen molar-refractivity contribution < 1.29 is 0 Å². The van der Waals surface area contributed by atoms with Crippen LogP contribution in [0.5, 0.6) is 0 Å². The Morgan fingerprint density at radius 3 is 0.808 bits per heavy atom. The van der Waals surface area contributed by atoms with Gasteiger partial charge < -0.3 is 18.3 Å². The van der Waals surface area contributed by atoms with Gasteiger partial charge in [0.2, 0.25) is 0 Å². The van der Waals surface area contributed by atoms with Gasteiger partial charge in [-0.15, -0.1) is 0 Å². The van der Waals surface area contributed by atoms with Crippen molar-refractivity contribution in [1.82, 2.24) is 18.3 Å². The molecule has 0 aliphatic heterocycles. The SMILES string of the molecule is CCCCc1ccc2c(c1)C(C)(C)c1cc(-n3c4ccc(C)cc4c4cc5c(cc43)c3cc(C)ccc3n5-c3ccc4c(c3)C(C)(C)c3cc(CCCC)ccc3-4)ccc1-2.Cc1ccc2cc(-n3c4ccc(C)cc4c4cc5c(cc43)c3cc(C)ccc3n5-c3ccc4cc(C)ccc4c3)ccc2c1. The minimum Gasteiger partial charge on any atom is -0.309 e. The summed E-state index contributed by atoms with van der Waals surface area (Å²) in [5.41, 5.74) is 36.5. The van der Waals surface area contributed by atoms with Crippen LogP contribution in [0.15, 0.2) is 243 Å². The van der Waals surface area contributed by atoms with E-state index >= 15 is 0 Å². The first kappa shape index (κ1) is 63.7. The first-order chi connectivity index (χ1) is 50.4. The van der Waals surface area contributed by atoms with Gasteiger partial charge in [0.05, 0.1) is 44.1 Å². The molecule has 4 heterocycles. The number of fused-ring (bicyclic) bond motifs is 20. The highest BCUT2D eigenvalue weighted by atomic mass is 15.0. The van der Waals surface area contributed by atoms with Crippen molar-refractivity contribution in [2.75, 3.05) is 0 Å². The van der Waals surface area contributed by atoms with Crippen LogP contribution in [0, 0.1) is 41.5 Å². The molecular weight excluding hydrogens is 1260 g/mol. The monoisotopic (exact) mass is 1340 g/mol. The molecule has 0 amide bonds. The third kappa shape index (κ3) is 9.84. The maximum Gasteiger partial charge on any atom is 0.0548 e. The van der Waals surface area contributed by atoms with E-state index in [9.17, 15) is 0 Å². The molecule has 0 fully saturated rings. The molecule has 0 bridgehead atoms. The van der Waals surface area contributed by atoms with Gasteiger partial charge in [-0.05, 0) is 266 Å². The lowest BCUT2D eigenvalue weighted by molar-refractivity contribution is 0.657. The molecule has 18 aromatic rings. The Kier molecular flexibility index (Phi) is 14.5. The van der Waals surface area contributed by atoms with Crippen LogP contribution in [0.3, 0.4) is 0 Å². The predicted octanol–water partition coefficient (Wildman–Crippen LogP) is 27.2. The van der Waals surface area contributed by atoms with Gasteiger partial charge >= 0.3 is 0 Å². The number of unbranched alkanes of at least 4 members (excludes halogenated alkanes) is 2. The molecule has 0 radical (unpaired) electrons. The summed E-state index contributed by atoms with van der Waals surface area (Å²) in [7, 11) is 0. The average molecular weight is 1350 g/mol. The van der Waals surface area contributed by atoms with Gasteiger partial charge in [0.1, 0.15) is 0 Å².